The minimum atomic E-state index is -0.765. The maximum Gasteiger partial charge on any atom is 0.303 e. The number of carboxylic acid groups (broad SMARTS) is 1. The minimum Gasteiger partial charge on any atom is -0.481 e. The molecule has 0 aliphatic carbocycles. The van der Waals surface area contributed by atoms with Crippen LogP contribution in [0.25, 0.3) is 10.8 Å². The number of benzene rings is 2. The summed E-state index contributed by atoms with van der Waals surface area (Å²) in [7, 11) is 1.94. The first-order valence-electron chi connectivity index (χ1n) is 8.46. The average Bonchev–Trinajstić information content (AvgIpc) is 2.61. The standard InChI is InChI=1S/C21H22N2O2/c1-22-14-17-5-7-19-18(12-17)9-10-23-20(19)13-16-4-2-3-15(11-16)6-8-21(24)25/h2-5,7,9-12,22H,6,8,13-14H2,1H3,(H,24,25). The van der Waals surface area contributed by atoms with Crippen LogP contribution in [0.15, 0.2) is 54.7 Å². The van der Waals surface area contributed by atoms with Crippen molar-refractivity contribution >= 4 is 16.7 Å². The van der Waals surface area contributed by atoms with Crippen LogP contribution in [-0.2, 0) is 24.2 Å². The predicted octanol–water partition coefficient (Wildman–Crippen LogP) is 3.56. The van der Waals surface area contributed by atoms with E-state index in [0.29, 0.717) is 6.42 Å². The van der Waals surface area contributed by atoms with Gasteiger partial charge in [-0.3, -0.25) is 9.78 Å². The van der Waals surface area contributed by atoms with E-state index in [0.717, 1.165) is 29.8 Å². The van der Waals surface area contributed by atoms with Gasteiger partial charge < -0.3 is 10.4 Å². The molecule has 1 aromatic heterocycles. The van der Waals surface area contributed by atoms with Crippen LogP contribution >= 0.6 is 0 Å². The number of carbonyl (C=O) groups is 1. The summed E-state index contributed by atoms with van der Waals surface area (Å²) in [6.07, 6.45) is 3.31. The number of nitrogens with one attached hydrogen (secondary N) is 1. The number of aliphatic carboxylic acids is 1. The second kappa shape index (κ2) is 7.90. The van der Waals surface area contributed by atoms with Gasteiger partial charge in [0, 0.05) is 31.0 Å². The minimum absolute atomic E-state index is 0.157. The number of hydrogen-bond donors (Lipinski definition) is 2. The Labute approximate surface area is 147 Å². The Morgan fingerprint density at radius 1 is 1.08 bits per heavy atom. The third-order valence-corrected chi connectivity index (χ3v) is 4.28. The molecule has 25 heavy (non-hydrogen) atoms. The SMILES string of the molecule is CNCc1ccc2c(Cc3cccc(CCC(=O)O)c3)nccc2c1. The van der Waals surface area contributed by atoms with Gasteiger partial charge in [0.15, 0.2) is 0 Å². The second-order valence-electron chi connectivity index (χ2n) is 6.23. The van der Waals surface area contributed by atoms with Crippen molar-refractivity contribution in [2.75, 3.05) is 7.05 Å². The number of pyridine rings is 1. The van der Waals surface area contributed by atoms with Crippen molar-refractivity contribution in [3.8, 4) is 0 Å². The van der Waals surface area contributed by atoms with Crippen molar-refractivity contribution in [1.82, 2.24) is 10.3 Å². The summed E-state index contributed by atoms with van der Waals surface area (Å²) in [6.45, 7) is 0.846. The topological polar surface area (TPSA) is 62.2 Å². The molecule has 0 bridgehead atoms. The lowest BCUT2D eigenvalue weighted by Gasteiger charge is -2.09. The van der Waals surface area contributed by atoms with Gasteiger partial charge in [-0.05, 0) is 47.7 Å². The Hall–Kier alpha value is -2.72. The molecule has 0 amide bonds. The van der Waals surface area contributed by atoms with Crippen LogP contribution in [0.4, 0.5) is 0 Å². The highest BCUT2D eigenvalue weighted by molar-refractivity contribution is 5.85. The predicted molar refractivity (Wildman–Crippen MR) is 99.7 cm³/mol. The molecule has 0 fully saturated rings. The molecule has 3 aromatic rings. The van der Waals surface area contributed by atoms with Gasteiger partial charge in [0.1, 0.15) is 0 Å². The average molecular weight is 334 g/mol. The van der Waals surface area contributed by atoms with E-state index in [1.54, 1.807) is 0 Å². The van der Waals surface area contributed by atoms with E-state index in [1.165, 1.54) is 16.3 Å². The van der Waals surface area contributed by atoms with Gasteiger partial charge in [-0.2, -0.15) is 0 Å². The summed E-state index contributed by atoms with van der Waals surface area (Å²) in [6, 6.07) is 16.6. The molecule has 0 atom stereocenters. The molecule has 2 aromatic carbocycles. The van der Waals surface area contributed by atoms with Crippen LogP contribution in [0.2, 0.25) is 0 Å². The van der Waals surface area contributed by atoms with Crippen molar-refractivity contribution < 1.29 is 9.90 Å². The van der Waals surface area contributed by atoms with E-state index in [1.807, 2.05) is 31.4 Å². The van der Waals surface area contributed by atoms with E-state index >= 15 is 0 Å². The van der Waals surface area contributed by atoms with E-state index < -0.39 is 5.97 Å². The van der Waals surface area contributed by atoms with Crippen LogP contribution in [0.5, 0.6) is 0 Å². The van der Waals surface area contributed by atoms with Gasteiger partial charge >= 0.3 is 5.97 Å². The Bertz CT molecular complexity index is 890. The number of rotatable bonds is 7. The number of aromatic nitrogens is 1. The molecule has 0 saturated heterocycles. The Morgan fingerprint density at radius 2 is 1.92 bits per heavy atom. The molecule has 0 aliphatic heterocycles. The zero-order valence-corrected chi connectivity index (χ0v) is 14.3. The molecule has 4 heteroatoms. The molecule has 3 rings (SSSR count). The molecular weight excluding hydrogens is 312 g/mol. The normalized spacial score (nSPS) is 10.9. The first kappa shape index (κ1) is 17.1. The van der Waals surface area contributed by atoms with Gasteiger partial charge in [-0.15, -0.1) is 0 Å². The maximum atomic E-state index is 10.8. The van der Waals surface area contributed by atoms with Crippen molar-refractivity contribution in [2.24, 2.45) is 0 Å². The Morgan fingerprint density at radius 3 is 2.72 bits per heavy atom. The van der Waals surface area contributed by atoms with E-state index in [-0.39, 0.29) is 6.42 Å². The molecule has 0 saturated carbocycles. The van der Waals surface area contributed by atoms with Crippen LogP contribution in [0, 0.1) is 0 Å². The fourth-order valence-electron chi connectivity index (χ4n) is 3.08. The summed E-state index contributed by atoms with van der Waals surface area (Å²) in [5, 5.41) is 14.4. The fourth-order valence-corrected chi connectivity index (χ4v) is 3.08. The number of carboxylic acids is 1. The van der Waals surface area contributed by atoms with Gasteiger partial charge in [0.05, 0.1) is 5.69 Å². The lowest BCUT2D eigenvalue weighted by Crippen LogP contribution is -2.04. The zero-order valence-electron chi connectivity index (χ0n) is 14.3. The van der Waals surface area contributed by atoms with Crippen molar-refractivity contribution in [3.63, 3.8) is 0 Å². The van der Waals surface area contributed by atoms with Gasteiger partial charge in [-0.25, -0.2) is 0 Å². The first-order chi connectivity index (χ1) is 12.2. The molecule has 2 N–H and O–H groups in total. The summed E-state index contributed by atoms with van der Waals surface area (Å²) in [4.78, 5) is 15.3. The number of fused-ring (bicyclic) bond motifs is 1. The smallest absolute Gasteiger partial charge is 0.303 e. The van der Waals surface area contributed by atoms with Crippen LogP contribution < -0.4 is 5.32 Å². The molecule has 0 spiro atoms. The molecule has 4 nitrogen and oxygen atoms in total. The fraction of sp³-hybridized carbons (Fsp3) is 0.238. The van der Waals surface area contributed by atoms with Crippen LogP contribution in [0.1, 0.15) is 28.8 Å². The summed E-state index contributed by atoms with van der Waals surface area (Å²) in [5.41, 5.74) is 4.50. The van der Waals surface area contributed by atoms with Crippen molar-refractivity contribution in [3.05, 3.63) is 77.1 Å². The van der Waals surface area contributed by atoms with Gasteiger partial charge in [0.25, 0.3) is 0 Å². The quantitative estimate of drug-likeness (QED) is 0.693. The summed E-state index contributed by atoms with van der Waals surface area (Å²) >= 11 is 0. The first-order valence-corrected chi connectivity index (χ1v) is 8.46. The highest BCUT2D eigenvalue weighted by atomic mass is 16.4. The molecule has 0 unspecified atom stereocenters. The Kier molecular flexibility index (Phi) is 5.41. The molecular formula is C21H22N2O2. The largest absolute Gasteiger partial charge is 0.481 e. The van der Waals surface area contributed by atoms with Crippen molar-refractivity contribution in [2.45, 2.75) is 25.8 Å². The van der Waals surface area contributed by atoms with E-state index in [2.05, 4.69) is 40.6 Å². The van der Waals surface area contributed by atoms with E-state index in [4.69, 9.17) is 5.11 Å². The highest BCUT2D eigenvalue weighted by Crippen LogP contribution is 2.21. The highest BCUT2D eigenvalue weighted by Gasteiger charge is 2.06. The molecule has 1 heterocycles. The molecule has 128 valence electrons. The van der Waals surface area contributed by atoms with Gasteiger partial charge in [-0.1, -0.05) is 36.4 Å². The maximum absolute atomic E-state index is 10.8. The third-order valence-electron chi connectivity index (χ3n) is 4.28. The third kappa shape index (κ3) is 4.43. The molecule has 0 radical (unpaired) electrons. The summed E-state index contributed by atoms with van der Waals surface area (Å²) < 4.78 is 0. The Balaban J connectivity index is 1.85. The van der Waals surface area contributed by atoms with Crippen LogP contribution in [-0.4, -0.2) is 23.1 Å². The van der Waals surface area contributed by atoms with Crippen molar-refractivity contribution in [1.29, 1.82) is 0 Å². The molecule has 0 aliphatic rings. The number of nitrogens with zero attached hydrogens (tertiary/aromatic N) is 1. The lowest BCUT2D eigenvalue weighted by molar-refractivity contribution is -0.136. The monoisotopic (exact) mass is 334 g/mol. The lowest BCUT2D eigenvalue weighted by atomic mass is 9.99. The number of hydrogen-bond acceptors (Lipinski definition) is 3. The van der Waals surface area contributed by atoms with Crippen LogP contribution in [0.3, 0.4) is 0 Å². The summed E-state index contributed by atoms with van der Waals surface area (Å²) in [5.74, 6) is -0.765. The second-order valence-corrected chi connectivity index (χ2v) is 6.23. The zero-order chi connectivity index (χ0) is 17.6. The van der Waals surface area contributed by atoms with E-state index in [9.17, 15) is 4.79 Å². The number of aryl methyl sites for hydroxylation is 1. The van der Waals surface area contributed by atoms with Gasteiger partial charge in [0.2, 0.25) is 0 Å².